The quantitative estimate of drug-likeness (QED) is 0.599. The molecule has 0 radical (unpaired) electrons. The maximum absolute atomic E-state index is 13.3. The average molecular weight is 491 g/mol. The standard InChI is InChI=1S/C29H38N4O3/c1-18-13-19(2)32-28(35)25(18)17-31-27(34)21-14-22-16-29(3,4)36-26(22)24(15-21)20-5-7-23(8-6-20)33-11-9-30-10-12-33/h5-8,14-15,18-19,25,30H,9-13,16-17H2,1-4H3,(H,31,34)(H,32,35). The molecule has 2 aromatic rings. The number of hydrogen-bond acceptors (Lipinski definition) is 5. The van der Waals surface area contributed by atoms with E-state index in [1.807, 2.05) is 19.1 Å². The highest BCUT2D eigenvalue weighted by Gasteiger charge is 2.34. The van der Waals surface area contributed by atoms with Gasteiger partial charge in [0, 0.05) is 62.0 Å². The van der Waals surface area contributed by atoms with Crippen molar-refractivity contribution >= 4 is 17.5 Å². The number of nitrogens with one attached hydrogen (secondary N) is 3. The summed E-state index contributed by atoms with van der Waals surface area (Å²) in [6.45, 7) is 12.6. The molecule has 3 aliphatic heterocycles. The molecule has 2 saturated heterocycles. The van der Waals surface area contributed by atoms with Gasteiger partial charge in [-0.15, -0.1) is 0 Å². The Morgan fingerprint density at radius 1 is 1.14 bits per heavy atom. The van der Waals surface area contributed by atoms with Crippen molar-refractivity contribution in [3.63, 3.8) is 0 Å². The van der Waals surface area contributed by atoms with Gasteiger partial charge >= 0.3 is 0 Å². The third-order valence-corrected chi connectivity index (χ3v) is 7.70. The minimum Gasteiger partial charge on any atom is -0.487 e. The molecule has 36 heavy (non-hydrogen) atoms. The van der Waals surface area contributed by atoms with E-state index in [0.717, 1.165) is 61.5 Å². The van der Waals surface area contributed by atoms with E-state index >= 15 is 0 Å². The molecule has 0 saturated carbocycles. The smallest absolute Gasteiger partial charge is 0.251 e. The summed E-state index contributed by atoms with van der Waals surface area (Å²) in [4.78, 5) is 28.1. The summed E-state index contributed by atoms with van der Waals surface area (Å²) in [5.41, 5.74) is 4.51. The summed E-state index contributed by atoms with van der Waals surface area (Å²) in [6.07, 6.45) is 1.67. The monoisotopic (exact) mass is 490 g/mol. The van der Waals surface area contributed by atoms with Crippen LogP contribution in [0.5, 0.6) is 5.75 Å². The summed E-state index contributed by atoms with van der Waals surface area (Å²) in [7, 11) is 0. The molecule has 0 aliphatic carbocycles. The Morgan fingerprint density at radius 3 is 2.56 bits per heavy atom. The number of benzene rings is 2. The molecular formula is C29H38N4O3. The zero-order valence-electron chi connectivity index (χ0n) is 21.8. The molecular weight excluding hydrogens is 452 g/mol. The third-order valence-electron chi connectivity index (χ3n) is 7.70. The Hall–Kier alpha value is -3.06. The molecule has 7 heteroatoms. The van der Waals surface area contributed by atoms with E-state index in [1.165, 1.54) is 5.69 Å². The molecule has 3 heterocycles. The number of ether oxygens (including phenoxy) is 1. The number of carbonyl (C=O) groups excluding carboxylic acids is 2. The van der Waals surface area contributed by atoms with Crippen LogP contribution in [0.2, 0.25) is 0 Å². The summed E-state index contributed by atoms with van der Waals surface area (Å²) < 4.78 is 6.35. The lowest BCUT2D eigenvalue weighted by molar-refractivity contribution is -0.129. The number of amides is 2. The lowest BCUT2D eigenvalue weighted by Gasteiger charge is -2.32. The molecule has 5 rings (SSSR count). The van der Waals surface area contributed by atoms with Crippen molar-refractivity contribution in [1.29, 1.82) is 0 Å². The van der Waals surface area contributed by atoms with E-state index in [2.05, 4.69) is 65.9 Å². The van der Waals surface area contributed by atoms with Gasteiger partial charge in [0.2, 0.25) is 5.91 Å². The molecule has 0 aromatic heterocycles. The van der Waals surface area contributed by atoms with Crippen LogP contribution in [0.25, 0.3) is 11.1 Å². The normalized spacial score (nSPS) is 25.1. The first-order chi connectivity index (χ1) is 17.2. The summed E-state index contributed by atoms with van der Waals surface area (Å²) in [5.74, 6) is 0.753. The maximum atomic E-state index is 13.3. The van der Waals surface area contributed by atoms with Crippen molar-refractivity contribution in [3.05, 3.63) is 47.5 Å². The van der Waals surface area contributed by atoms with Gasteiger partial charge in [-0.1, -0.05) is 19.1 Å². The van der Waals surface area contributed by atoms with Gasteiger partial charge in [-0.2, -0.15) is 0 Å². The first-order valence-corrected chi connectivity index (χ1v) is 13.2. The van der Waals surface area contributed by atoms with Gasteiger partial charge in [-0.05, 0) is 68.5 Å². The van der Waals surface area contributed by atoms with Crippen LogP contribution in [-0.4, -0.2) is 56.2 Å². The maximum Gasteiger partial charge on any atom is 0.251 e. The van der Waals surface area contributed by atoms with Crippen molar-refractivity contribution in [3.8, 4) is 16.9 Å². The second-order valence-corrected chi connectivity index (χ2v) is 11.3. The van der Waals surface area contributed by atoms with E-state index in [1.54, 1.807) is 0 Å². The second kappa shape index (κ2) is 9.77. The lowest BCUT2D eigenvalue weighted by Crippen LogP contribution is -2.50. The summed E-state index contributed by atoms with van der Waals surface area (Å²) in [5, 5.41) is 9.44. The van der Waals surface area contributed by atoms with E-state index in [4.69, 9.17) is 4.74 Å². The van der Waals surface area contributed by atoms with Crippen molar-refractivity contribution in [1.82, 2.24) is 16.0 Å². The van der Waals surface area contributed by atoms with Gasteiger partial charge in [0.1, 0.15) is 11.4 Å². The number of anilines is 1. The van der Waals surface area contributed by atoms with E-state index in [-0.39, 0.29) is 35.3 Å². The first-order valence-electron chi connectivity index (χ1n) is 13.2. The second-order valence-electron chi connectivity index (χ2n) is 11.3. The SMILES string of the molecule is CC1CC(C)C(CNC(=O)c2cc3c(c(-c4ccc(N5CCNCC5)cc4)c2)OC(C)(C)C3)C(=O)N1. The highest BCUT2D eigenvalue weighted by molar-refractivity contribution is 5.97. The Labute approximate surface area is 214 Å². The van der Waals surface area contributed by atoms with Gasteiger partial charge in [-0.25, -0.2) is 0 Å². The number of piperazine rings is 1. The van der Waals surface area contributed by atoms with Gasteiger partial charge in [-0.3, -0.25) is 9.59 Å². The van der Waals surface area contributed by atoms with Crippen molar-refractivity contribution < 1.29 is 14.3 Å². The minimum atomic E-state index is -0.320. The molecule has 3 atom stereocenters. The largest absolute Gasteiger partial charge is 0.487 e. The van der Waals surface area contributed by atoms with Crippen LogP contribution >= 0.6 is 0 Å². The Morgan fingerprint density at radius 2 is 1.86 bits per heavy atom. The van der Waals surface area contributed by atoms with Gasteiger partial charge in [0.15, 0.2) is 0 Å². The number of carbonyl (C=O) groups is 2. The number of rotatable bonds is 5. The van der Waals surface area contributed by atoms with Crippen LogP contribution in [0.4, 0.5) is 5.69 Å². The van der Waals surface area contributed by atoms with Gasteiger partial charge in [0.05, 0.1) is 5.92 Å². The van der Waals surface area contributed by atoms with Crippen molar-refractivity contribution in [2.24, 2.45) is 11.8 Å². The molecule has 0 bridgehead atoms. The molecule has 3 aliphatic rings. The van der Waals surface area contributed by atoms with Crippen LogP contribution in [-0.2, 0) is 11.2 Å². The highest BCUT2D eigenvalue weighted by Crippen LogP contribution is 2.43. The molecule has 2 aromatic carbocycles. The van der Waals surface area contributed by atoms with Crippen LogP contribution in [0.3, 0.4) is 0 Å². The predicted molar refractivity (Wildman–Crippen MR) is 143 cm³/mol. The summed E-state index contributed by atoms with van der Waals surface area (Å²) >= 11 is 0. The van der Waals surface area contributed by atoms with Crippen molar-refractivity contribution in [2.75, 3.05) is 37.6 Å². The fourth-order valence-corrected chi connectivity index (χ4v) is 5.82. The molecule has 3 unspecified atom stereocenters. The summed E-state index contributed by atoms with van der Waals surface area (Å²) in [6, 6.07) is 12.6. The van der Waals surface area contributed by atoms with E-state index < -0.39 is 0 Å². The van der Waals surface area contributed by atoms with E-state index in [0.29, 0.717) is 12.1 Å². The van der Waals surface area contributed by atoms with Crippen LogP contribution in [0.1, 0.15) is 50.0 Å². The van der Waals surface area contributed by atoms with Gasteiger partial charge in [0.25, 0.3) is 5.91 Å². The topological polar surface area (TPSA) is 82.7 Å². The Bertz CT molecular complexity index is 1140. The van der Waals surface area contributed by atoms with Crippen LogP contribution in [0.15, 0.2) is 36.4 Å². The van der Waals surface area contributed by atoms with Crippen LogP contribution < -0.4 is 25.6 Å². The zero-order chi connectivity index (χ0) is 25.4. The number of hydrogen-bond donors (Lipinski definition) is 3. The first kappa shape index (κ1) is 24.6. The van der Waals surface area contributed by atoms with Gasteiger partial charge < -0.3 is 25.6 Å². The molecule has 2 fully saturated rings. The van der Waals surface area contributed by atoms with Crippen LogP contribution in [0, 0.1) is 11.8 Å². The van der Waals surface area contributed by atoms with E-state index in [9.17, 15) is 9.59 Å². The Kier molecular flexibility index (Phi) is 6.68. The molecule has 2 amide bonds. The molecule has 192 valence electrons. The number of fused-ring (bicyclic) bond motifs is 1. The third kappa shape index (κ3) is 5.07. The fraction of sp³-hybridized carbons (Fsp3) is 0.517. The zero-order valence-corrected chi connectivity index (χ0v) is 21.8. The Balaban J connectivity index is 1.39. The minimum absolute atomic E-state index is 0.0240. The predicted octanol–water partition coefficient (Wildman–Crippen LogP) is 3.37. The molecule has 3 N–H and O–H groups in total. The molecule has 0 spiro atoms. The highest BCUT2D eigenvalue weighted by atomic mass is 16.5. The average Bonchev–Trinajstić information content (AvgIpc) is 3.17. The van der Waals surface area contributed by atoms with Crippen molar-refractivity contribution in [2.45, 2.75) is 52.2 Å². The number of piperidine rings is 1. The molecule has 7 nitrogen and oxygen atoms in total. The number of nitrogens with zero attached hydrogens (tertiary/aromatic N) is 1. The lowest BCUT2D eigenvalue weighted by atomic mass is 9.84. The fourth-order valence-electron chi connectivity index (χ4n) is 5.82.